The number of thioether (sulfide) groups is 1. The van der Waals surface area contributed by atoms with E-state index in [2.05, 4.69) is 34.6 Å². The first-order valence-electron chi connectivity index (χ1n) is 5.53. The highest BCUT2D eigenvalue weighted by Gasteiger charge is 2.05. The van der Waals surface area contributed by atoms with Gasteiger partial charge in [0.25, 0.3) is 0 Å². The Morgan fingerprint density at radius 3 is 2.89 bits per heavy atom. The summed E-state index contributed by atoms with van der Waals surface area (Å²) in [6.45, 7) is 0. The maximum atomic E-state index is 6.22. The number of hydrogen-bond acceptors (Lipinski definition) is 3. The summed E-state index contributed by atoms with van der Waals surface area (Å²) in [6.07, 6.45) is 0. The zero-order chi connectivity index (χ0) is 12.4. The topological polar surface area (TPSA) is 12.9 Å². The Morgan fingerprint density at radius 2 is 2.06 bits per heavy atom. The first-order valence-corrected chi connectivity index (χ1v) is 7.78. The smallest absolute Gasteiger partial charge is 0.133 e. The molecular weight excluding hydrogens is 282 g/mol. The molecule has 0 amide bonds. The summed E-state index contributed by atoms with van der Waals surface area (Å²) < 4.78 is 1.30. The molecule has 1 aromatic carbocycles. The Balaban J connectivity index is 1.89. The predicted octanol–water partition coefficient (Wildman–Crippen LogP) is 5.24. The number of benzene rings is 1. The van der Waals surface area contributed by atoms with Crippen molar-refractivity contribution in [2.75, 3.05) is 0 Å². The molecule has 4 heteroatoms. The fourth-order valence-electron chi connectivity index (χ4n) is 1.73. The van der Waals surface area contributed by atoms with Crippen LogP contribution in [0.4, 0.5) is 0 Å². The van der Waals surface area contributed by atoms with Crippen LogP contribution >= 0.6 is 34.7 Å². The third-order valence-corrected chi connectivity index (χ3v) is 5.12. The third-order valence-electron chi connectivity index (χ3n) is 2.62. The van der Waals surface area contributed by atoms with E-state index >= 15 is 0 Å². The van der Waals surface area contributed by atoms with Crippen molar-refractivity contribution in [1.82, 2.24) is 4.98 Å². The molecule has 0 bridgehead atoms. The summed E-state index contributed by atoms with van der Waals surface area (Å²) in [4.78, 5) is 4.43. The van der Waals surface area contributed by atoms with E-state index in [4.69, 9.17) is 11.6 Å². The summed E-state index contributed by atoms with van der Waals surface area (Å²) in [5, 5.41) is 3.84. The normalized spacial score (nSPS) is 10.9. The second-order valence-electron chi connectivity index (χ2n) is 3.85. The van der Waals surface area contributed by atoms with Crippen LogP contribution in [0.25, 0.3) is 10.9 Å². The van der Waals surface area contributed by atoms with E-state index in [0.29, 0.717) is 5.15 Å². The van der Waals surface area contributed by atoms with Crippen molar-refractivity contribution in [3.63, 3.8) is 0 Å². The lowest BCUT2D eigenvalue weighted by atomic mass is 10.2. The maximum absolute atomic E-state index is 6.22. The van der Waals surface area contributed by atoms with Crippen LogP contribution in [0.3, 0.4) is 0 Å². The van der Waals surface area contributed by atoms with E-state index in [1.54, 1.807) is 23.1 Å². The van der Waals surface area contributed by atoms with Gasteiger partial charge in [-0.1, -0.05) is 35.9 Å². The second-order valence-corrected chi connectivity index (χ2v) is 6.43. The quantitative estimate of drug-likeness (QED) is 0.483. The number of hydrogen-bond donors (Lipinski definition) is 0. The van der Waals surface area contributed by atoms with Crippen LogP contribution in [0.1, 0.15) is 5.56 Å². The van der Waals surface area contributed by atoms with Gasteiger partial charge in [-0.15, -0.1) is 23.1 Å². The van der Waals surface area contributed by atoms with Crippen LogP contribution in [0.2, 0.25) is 5.15 Å². The standard InChI is InChI=1S/C14H10ClNS2/c15-14-11(9-18-13-6-3-7-17-13)8-10-4-1-2-5-12(10)16-14/h1-8H,9H2. The number of nitrogens with zero attached hydrogens (tertiary/aromatic N) is 1. The van der Waals surface area contributed by atoms with Crippen molar-refractivity contribution >= 4 is 45.6 Å². The van der Waals surface area contributed by atoms with E-state index in [1.165, 1.54) is 4.21 Å². The van der Waals surface area contributed by atoms with Crippen molar-refractivity contribution in [3.05, 3.63) is 58.6 Å². The molecule has 3 rings (SSSR count). The molecule has 0 radical (unpaired) electrons. The number of rotatable bonds is 3. The minimum absolute atomic E-state index is 0.609. The van der Waals surface area contributed by atoms with Gasteiger partial charge in [0.15, 0.2) is 0 Å². The Morgan fingerprint density at radius 1 is 1.17 bits per heavy atom. The van der Waals surface area contributed by atoms with Gasteiger partial charge in [-0.05, 0) is 23.6 Å². The summed E-state index contributed by atoms with van der Waals surface area (Å²) in [5.74, 6) is 0.858. The Labute approximate surface area is 119 Å². The number of aromatic nitrogens is 1. The molecule has 2 heterocycles. The summed E-state index contributed by atoms with van der Waals surface area (Å²) in [7, 11) is 0. The minimum Gasteiger partial charge on any atom is -0.236 e. The highest BCUT2D eigenvalue weighted by molar-refractivity contribution is 8.00. The second kappa shape index (κ2) is 5.31. The van der Waals surface area contributed by atoms with E-state index < -0.39 is 0 Å². The SMILES string of the molecule is Clc1nc2ccccc2cc1CSc1cccs1. The molecule has 0 aliphatic heterocycles. The van der Waals surface area contributed by atoms with E-state index in [1.807, 2.05) is 18.2 Å². The average molecular weight is 292 g/mol. The lowest BCUT2D eigenvalue weighted by Gasteiger charge is -2.05. The fraction of sp³-hybridized carbons (Fsp3) is 0.0714. The lowest BCUT2D eigenvalue weighted by molar-refractivity contribution is 1.31. The first-order chi connectivity index (χ1) is 8.83. The van der Waals surface area contributed by atoms with Crippen LogP contribution in [0.5, 0.6) is 0 Å². The molecule has 0 aliphatic rings. The molecule has 0 N–H and O–H groups in total. The first kappa shape index (κ1) is 12.0. The van der Waals surface area contributed by atoms with Gasteiger partial charge in [0.2, 0.25) is 0 Å². The van der Waals surface area contributed by atoms with Crippen molar-refractivity contribution in [1.29, 1.82) is 0 Å². The molecule has 18 heavy (non-hydrogen) atoms. The highest BCUT2D eigenvalue weighted by atomic mass is 35.5. The third kappa shape index (κ3) is 2.53. The lowest BCUT2D eigenvalue weighted by Crippen LogP contribution is -1.88. The highest BCUT2D eigenvalue weighted by Crippen LogP contribution is 2.30. The van der Waals surface area contributed by atoms with Crippen LogP contribution in [0, 0.1) is 0 Å². The monoisotopic (exact) mass is 291 g/mol. The molecule has 1 nitrogen and oxygen atoms in total. The molecule has 0 saturated heterocycles. The van der Waals surface area contributed by atoms with Gasteiger partial charge in [-0.2, -0.15) is 0 Å². The van der Waals surface area contributed by atoms with E-state index in [-0.39, 0.29) is 0 Å². The van der Waals surface area contributed by atoms with E-state index in [0.717, 1.165) is 22.2 Å². The molecule has 0 atom stereocenters. The van der Waals surface area contributed by atoms with Crippen LogP contribution in [-0.2, 0) is 5.75 Å². The minimum atomic E-state index is 0.609. The molecule has 0 unspecified atom stereocenters. The summed E-state index contributed by atoms with van der Waals surface area (Å²) in [5.41, 5.74) is 2.04. The Bertz CT molecular complexity index is 665. The summed E-state index contributed by atoms with van der Waals surface area (Å²) in [6, 6.07) is 14.4. The van der Waals surface area contributed by atoms with Gasteiger partial charge in [0.1, 0.15) is 5.15 Å². The summed E-state index contributed by atoms with van der Waals surface area (Å²) >= 11 is 9.77. The number of fused-ring (bicyclic) bond motifs is 1. The van der Waals surface area contributed by atoms with E-state index in [9.17, 15) is 0 Å². The van der Waals surface area contributed by atoms with Gasteiger partial charge in [0.05, 0.1) is 9.73 Å². The molecule has 0 aliphatic carbocycles. The number of halogens is 1. The van der Waals surface area contributed by atoms with Gasteiger partial charge >= 0.3 is 0 Å². The Hall–Kier alpha value is -1.03. The van der Waals surface area contributed by atoms with Crippen LogP contribution in [-0.4, -0.2) is 4.98 Å². The Kier molecular flexibility index (Phi) is 3.55. The number of para-hydroxylation sites is 1. The molecule has 2 aromatic heterocycles. The molecule has 0 saturated carbocycles. The fourth-order valence-corrected chi connectivity index (χ4v) is 3.78. The van der Waals surface area contributed by atoms with Crippen molar-refractivity contribution in [2.24, 2.45) is 0 Å². The van der Waals surface area contributed by atoms with Crippen molar-refractivity contribution < 1.29 is 0 Å². The predicted molar refractivity (Wildman–Crippen MR) is 80.6 cm³/mol. The molecular formula is C14H10ClNS2. The van der Waals surface area contributed by atoms with Crippen LogP contribution < -0.4 is 0 Å². The number of thiophene rings is 1. The molecule has 3 aromatic rings. The maximum Gasteiger partial charge on any atom is 0.133 e. The zero-order valence-electron chi connectivity index (χ0n) is 9.47. The van der Waals surface area contributed by atoms with Gasteiger partial charge in [-0.3, -0.25) is 0 Å². The average Bonchev–Trinajstić information content (AvgIpc) is 2.89. The largest absolute Gasteiger partial charge is 0.236 e. The van der Waals surface area contributed by atoms with Gasteiger partial charge in [-0.25, -0.2) is 4.98 Å². The van der Waals surface area contributed by atoms with Crippen LogP contribution in [0.15, 0.2) is 52.1 Å². The van der Waals surface area contributed by atoms with Gasteiger partial charge in [0, 0.05) is 16.7 Å². The van der Waals surface area contributed by atoms with Crippen molar-refractivity contribution in [2.45, 2.75) is 9.96 Å². The zero-order valence-corrected chi connectivity index (χ0v) is 11.9. The molecule has 0 fully saturated rings. The molecule has 90 valence electrons. The van der Waals surface area contributed by atoms with Gasteiger partial charge < -0.3 is 0 Å². The van der Waals surface area contributed by atoms with Crippen molar-refractivity contribution in [3.8, 4) is 0 Å². The number of pyridine rings is 1. The molecule has 0 spiro atoms.